The second kappa shape index (κ2) is 13.5. The molecule has 1 aliphatic rings. The van der Waals surface area contributed by atoms with E-state index in [2.05, 4.69) is 57.8 Å². The lowest BCUT2D eigenvalue weighted by Gasteiger charge is -2.16. The number of halogens is 2. The van der Waals surface area contributed by atoms with Gasteiger partial charge in [0.1, 0.15) is 5.75 Å². The third-order valence-electron chi connectivity index (χ3n) is 5.94. The van der Waals surface area contributed by atoms with Crippen LogP contribution < -0.4 is 9.64 Å². The maximum Gasteiger partial charge on any atom is 0.344 e. The average molecular weight is 672 g/mol. The van der Waals surface area contributed by atoms with Crippen LogP contribution in [0.15, 0.2) is 79.5 Å². The first kappa shape index (κ1) is 29.1. The Morgan fingerprint density at radius 1 is 0.949 bits per heavy atom. The number of ether oxygens (including phenoxy) is 2. The lowest BCUT2D eigenvalue weighted by Crippen LogP contribution is -2.28. The van der Waals surface area contributed by atoms with Gasteiger partial charge in [0.05, 0.1) is 31.8 Å². The zero-order chi connectivity index (χ0) is 27.9. The molecule has 0 saturated carbocycles. The van der Waals surface area contributed by atoms with Crippen LogP contribution in [0.3, 0.4) is 0 Å². The molecule has 0 aliphatic carbocycles. The van der Waals surface area contributed by atoms with Crippen LogP contribution in [0, 0.1) is 0 Å². The van der Waals surface area contributed by atoms with E-state index in [9.17, 15) is 9.59 Å². The van der Waals surface area contributed by atoms with Gasteiger partial charge in [0, 0.05) is 0 Å². The molecule has 0 N–H and O–H groups in total. The van der Waals surface area contributed by atoms with Crippen molar-refractivity contribution in [3.05, 3.63) is 91.2 Å². The first-order chi connectivity index (χ1) is 18.8. The van der Waals surface area contributed by atoms with E-state index in [1.54, 1.807) is 11.8 Å². The highest BCUT2D eigenvalue weighted by Gasteiger charge is 2.35. The standard InChI is InChI=1S/C30H28Br2N2O4S/c1-4-19-7-11-22(12-8-19)33-30-34(23-13-9-20(5-2)10-14-23)29(36)26(39-30)17-21-15-24(31)28(25(32)16-21)38-18-27(35)37-6-3/h7-17H,4-6,18H2,1-3H3/b26-17-,33-30?. The second-order valence-corrected chi connectivity index (χ2v) is 11.3. The van der Waals surface area contributed by atoms with E-state index < -0.39 is 5.97 Å². The molecule has 0 spiro atoms. The van der Waals surface area contributed by atoms with Crippen molar-refractivity contribution in [2.24, 2.45) is 4.99 Å². The molecule has 1 fully saturated rings. The maximum absolute atomic E-state index is 13.7. The highest BCUT2D eigenvalue weighted by atomic mass is 79.9. The van der Waals surface area contributed by atoms with Gasteiger partial charge in [-0.3, -0.25) is 9.69 Å². The summed E-state index contributed by atoms with van der Waals surface area (Å²) in [6, 6.07) is 19.7. The van der Waals surface area contributed by atoms with Gasteiger partial charge in [-0.25, -0.2) is 9.79 Å². The van der Waals surface area contributed by atoms with Gasteiger partial charge < -0.3 is 9.47 Å². The number of thioether (sulfide) groups is 1. The number of carbonyl (C=O) groups is 2. The van der Waals surface area contributed by atoms with Crippen molar-refractivity contribution in [3.8, 4) is 5.75 Å². The number of amides is 1. The summed E-state index contributed by atoms with van der Waals surface area (Å²) >= 11 is 8.37. The SMILES string of the molecule is CCOC(=O)COc1c(Br)cc(/C=C2\SC(=Nc3ccc(CC)cc3)N(c3ccc(CC)cc3)C2=O)cc1Br. The number of hydrogen-bond acceptors (Lipinski definition) is 6. The van der Waals surface area contributed by atoms with E-state index in [0.29, 0.717) is 24.8 Å². The molecule has 4 rings (SSSR count). The number of aliphatic imine (C=N–C) groups is 1. The minimum Gasteiger partial charge on any atom is -0.480 e. The number of benzene rings is 3. The first-order valence-corrected chi connectivity index (χ1v) is 15.0. The molecule has 39 heavy (non-hydrogen) atoms. The Hall–Kier alpha value is -2.88. The third kappa shape index (κ3) is 7.21. The Bertz CT molecular complexity index is 1400. The van der Waals surface area contributed by atoms with Gasteiger partial charge in [-0.2, -0.15) is 0 Å². The van der Waals surface area contributed by atoms with Gasteiger partial charge in [0.2, 0.25) is 0 Å². The van der Waals surface area contributed by atoms with E-state index in [4.69, 9.17) is 14.5 Å². The lowest BCUT2D eigenvalue weighted by atomic mass is 10.1. The number of aryl methyl sites for hydroxylation is 2. The smallest absolute Gasteiger partial charge is 0.344 e. The fourth-order valence-electron chi connectivity index (χ4n) is 3.86. The van der Waals surface area contributed by atoms with Crippen LogP contribution in [0.4, 0.5) is 11.4 Å². The van der Waals surface area contributed by atoms with Crippen molar-refractivity contribution in [2.75, 3.05) is 18.1 Å². The number of hydrogen-bond donors (Lipinski definition) is 0. The molecular formula is C30H28Br2N2O4S. The molecule has 0 atom stereocenters. The number of carbonyl (C=O) groups excluding carboxylic acids is 2. The zero-order valence-electron chi connectivity index (χ0n) is 21.9. The fraction of sp³-hybridized carbons (Fsp3) is 0.233. The molecule has 3 aromatic carbocycles. The summed E-state index contributed by atoms with van der Waals surface area (Å²) in [4.78, 5) is 32.4. The number of nitrogens with zero attached hydrogens (tertiary/aromatic N) is 2. The molecule has 0 radical (unpaired) electrons. The van der Waals surface area contributed by atoms with Gasteiger partial charge in [-0.1, -0.05) is 38.1 Å². The predicted molar refractivity (Wildman–Crippen MR) is 166 cm³/mol. The molecule has 1 heterocycles. The summed E-state index contributed by atoms with van der Waals surface area (Å²) in [6.07, 6.45) is 3.69. The number of amidine groups is 1. The van der Waals surface area contributed by atoms with Crippen LogP contribution in [-0.4, -0.2) is 30.3 Å². The molecule has 9 heteroatoms. The molecule has 3 aromatic rings. The van der Waals surface area contributed by atoms with E-state index >= 15 is 0 Å². The van der Waals surface area contributed by atoms with Gasteiger partial charge in [-0.15, -0.1) is 0 Å². The molecule has 0 bridgehead atoms. The van der Waals surface area contributed by atoms with E-state index in [1.165, 1.54) is 22.9 Å². The molecule has 0 unspecified atom stereocenters. The highest BCUT2D eigenvalue weighted by Crippen LogP contribution is 2.40. The van der Waals surface area contributed by atoms with Gasteiger partial charge in [0.25, 0.3) is 5.91 Å². The van der Waals surface area contributed by atoms with Crippen LogP contribution in [0.5, 0.6) is 5.75 Å². The molecule has 0 aromatic heterocycles. The molecule has 1 amide bonds. The fourth-order valence-corrected chi connectivity index (χ4v) is 6.31. The lowest BCUT2D eigenvalue weighted by molar-refractivity contribution is -0.145. The summed E-state index contributed by atoms with van der Waals surface area (Å²) in [7, 11) is 0. The van der Waals surface area contributed by atoms with Gasteiger partial charge >= 0.3 is 5.97 Å². The summed E-state index contributed by atoms with van der Waals surface area (Å²) in [5.74, 6) is -0.118. The van der Waals surface area contributed by atoms with Crippen molar-refractivity contribution < 1.29 is 19.1 Å². The van der Waals surface area contributed by atoms with Crippen LogP contribution in [0.25, 0.3) is 6.08 Å². The second-order valence-electron chi connectivity index (χ2n) is 8.59. The van der Waals surface area contributed by atoms with E-state index in [1.807, 2.05) is 54.6 Å². The molecule has 202 valence electrons. The largest absolute Gasteiger partial charge is 0.480 e. The van der Waals surface area contributed by atoms with Crippen molar-refractivity contribution in [1.29, 1.82) is 0 Å². The minimum absolute atomic E-state index is 0.150. The summed E-state index contributed by atoms with van der Waals surface area (Å²) in [5, 5.41) is 0.590. The molecular weight excluding hydrogens is 644 g/mol. The Balaban J connectivity index is 1.67. The van der Waals surface area contributed by atoms with Gasteiger partial charge in [0.15, 0.2) is 11.8 Å². The van der Waals surface area contributed by atoms with Crippen molar-refractivity contribution in [2.45, 2.75) is 33.6 Å². The van der Waals surface area contributed by atoms with Crippen LogP contribution in [-0.2, 0) is 27.2 Å². The maximum atomic E-state index is 13.7. The predicted octanol–water partition coefficient (Wildman–Crippen LogP) is 8.09. The molecule has 1 saturated heterocycles. The Labute approximate surface area is 249 Å². The third-order valence-corrected chi connectivity index (χ3v) is 8.08. The van der Waals surface area contributed by atoms with Gasteiger partial charge in [-0.05, 0) is 123 Å². The quantitative estimate of drug-likeness (QED) is 0.170. The molecule has 1 aliphatic heterocycles. The minimum atomic E-state index is -0.446. The normalized spacial score (nSPS) is 15.3. The Kier molecular flexibility index (Phi) is 10.0. The molecule has 6 nitrogen and oxygen atoms in total. The van der Waals surface area contributed by atoms with E-state index in [0.717, 1.165) is 29.8 Å². The highest BCUT2D eigenvalue weighted by molar-refractivity contribution is 9.11. The van der Waals surface area contributed by atoms with Crippen LogP contribution in [0.1, 0.15) is 37.5 Å². The average Bonchev–Trinajstić information content (AvgIpc) is 3.22. The Morgan fingerprint density at radius 3 is 2.10 bits per heavy atom. The van der Waals surface area contributed by atoms with Crippen molar-refractivity contribution >= 4 is 78.1 Å². The van der Waals surface area contributed by atoms with Crippen molar-refractivity contribution in [3.63, 3.8) is 0 Å². The summed E-state index contributed by atoms with van der Waals surface area (Å²) in [6.45, 7) is 6.04. The number of rotatable bonds is 9. The monoisotopic (exact) mass is 670 g/mol. The topological polar surface area (TPSA) is 68.2 Å². The number of esters is 1. The number of anilines is 1. The summed E-state index contributed by atoms with van der Waals surface area (Å²) < 4.78 is 11.8. The summed E-state index contributed by atoms with van der Waals surface area (Å²) in [5.41, 5.74) is 4.76. The van der Waals surface area contributed by atoms with Crippen LogP contribution in [0.2, 0.25) is 0 Å². The van der Waals surface area contributed by atoms with Crippen LogP contribution >= 0.6 is 43.6 Å². The van der Waals surface area contributed by atoms with E-state index in [-0.39, 0.29) is 19.1 Å². The zero-order valence-corrected chi connectivity index (χ0v) is 25.9. The van der Waals surface area contributed by atoms with Crippen molar-refractivity contribution in [1.82, 2.24) is 0 Å². The first-order valence-electron chi connectivity index (χ1n) is 12.6. The Morgan fingerprint density at radius 2 is 1.54 bits per heavy atom.